The van der Waals surface area contributed by atoms with Crippen LogP contribution in [0.4, 0.5) is 0 Å². The van der Waals surface area contributed by atoms with Crippen LogP contribution in [0.1, 0.15) is 96.8 Å². The van der Waals surface area contributed by atoms with Crippen LogP contribution in [-0.2, 0) is 9.53 Å². The third kappa shape index (κ3) is 19.5. The van der Waals surface area contributed by atoms with Gasteiger partial charge in [-0.05, 0) is 32.6 Å². The van der Waals surface area contributed by atoms with Crippen LogP contribution in [0.25, 0.3) is 0 Å². The van der Waals surface area contributed by atoms with Gasteiger partial charge >= 0.3 is 5.97 Å². The quantitative estimate of drug-likeness (QED) is 0.123. The summed E-state index contributed by atoms with van der Waals surface area (Å²) in [5.74, 6) is -0.304. The number of ether oxygens (including phenoxy) is 1. The molecule has 0 aromatic heterocycles. The zero-order valence-corrected chi connectivity index (χ0v) is 18.2. The van der Waals surface area contributed by atoms with E-state index in [-0.39, 0.29) is 12.1 Å². The van der Waals surface area contributed by atoms with Gasteiger partial charge in [-0.3, -0.25) is 0 Å². The Kier molecular flexibility index (Phi) is 15.8. The monoisotopic (exact) mass is 368 g/mol. The van der Waals surface area contributed by atoms with Gasteiger partial charge in [0.25, 0.3) is 0 Å². The number of esters is 1. The molecule has 1 atom stereocenters. The molecule has 0 aromatic rings. The van der Waals surface area contributed by atoms with Crippen LogP contribution in [0.2, 0.25) is 0 Å². The van der Waals surface area contributed by atoms with Crippen molar-refractivity contribution in [3.05, 3.63) is 12.7 Å². The number of rotatable bonds is 18. The van der Waals surface area contributed by atoms with Crippen molar-refractivity contribution < 1.29 is 14.0 Å². The van der Waals surface area contributed by atoms with Crippen LogP contribution in [0.15, 0.2) is 12.7 Å². The highest BCUT2D eigenvalue weighted by Gasteiger charge is 2.06. The van der Waals surface area contributed by atoms with Crippen LogP contribution in [0, 0.1) is 0 Å². The molecule has 26 heavy (non-hydrogen) atoms. The summed E-state index contributed by atoms with van der Waals surface area (Å²) in [4.78, 5) is 11.1. The van der Waals surface area contributed by atoms with Gasteiger partial charge in [-0.15, -0.1) is 0 Å². The van der Waals surface area contributed by atoms with Gasteiger partial charge < -0.3 is 9.22 Å². The zero-order valence-electron chi connectivity index (χ0n) is 18.2. The minimum Gasteiger partial charge on any atom is -0.460 e. The fourth-order valence-electron chi connectivity index (χ4n) is 3.27. The Balaban J connectivity index is 3.18. The smallest absolute Gasteiger partial charge is 0.330 e. The van der Waals surface area contributed by atoms with Gasteiger partial charge in [0.1, 0.15) is 0 Å². The second-order valence-corrected chi connectivity index (χ2v) is 8.85. The molecule has 0 amide bonds. The summed E-state index contributed by atoms with van der Waals surface area (Å²) >= 11 is 0. The maximum atomic E-state index is 11.1. The second kappa shape index (κ2) is 16.4. The van der Waals surface area contributed by atoms with Crippen molar-refractivity contribution in [1.82, 2.24) is 0 Å². The minimum absolute atomic E-state index is 0.0213. The Morgan fingerprint density at radius 3 is 1.58 bits per heavy atom. The van der Waals surface area contributed by atoms with Crippen molar-refractivity contribution in [2.75, 3.05) is 27.7 Å². The highest BCUT2D eigenvalue weighted by Crippen LogP contribution is 2.14. The molecule has 0 aliphatic rings. The van der Waals surface area contributed by atoms with E-state index in [1.165, 1.54) is 89.7 Å². The predicted molar refractivity (Wildman–Crippen MR) is 113 cm³/mol. The number of hydrogen-bond donors (Lipinski definition) is 0. The van der Waals surface area contributed by atoms with E-state index in [1.54, 1.807) is 0 Å². The molecule has 0 heterocycles. The molecule has 0 radical (unpaired) electrons. The molecule has 1 unspecified atom stereocenters. The van der Waals surface area contributed by atoms with Gasteiger partial charge in [0, 0.05) is 6.08 Å². The molecule has 0 aliphatic carbocycles. The molecule has 0 spiro atoms. The Labute approximate surface area is 163 Å². The topological polar surface area (TPSA) is 26.3 Å². The van der Waals surface area contributed by atoms with Crippen LogP contribution >= 0.6 is 0 Å². The molecule has 0 N–H and O–H groups in total. The van der Waals surface area contributed by atoms with E-state index in [4.69, 9.17) is 4.74 Å². The van der Waals surface area contributed by atoms with Crippen molar-refractivity contribution in [3.8, 4) is 0 Å². The number of nitrogens with zero attached hydrogens (tertiary/aromatic N) is 1. The van der Waals surface area contributed by atoms with Crippen LogP contribution in [-0.4, -0.2) is 44.2 Å². The van der Waals surface area contributed by atoms with E-state index in [2.05, 4.69) is 27.7 Å². The van der Waals surface area contributed by atoms with Crippen molar-refractivity contribution in [1.29, 1.82) is 0 Å². The molecule has 0 rings (SSSR count). The molecule has 154 valence electrons. The fourth-order valence-corrected chi connectivity index (χ4v) is 3.27. The Morgan fingerprint density at radius 2 is 1.19 bits per heavy atom. The highest BCUT2D eigenvalue weighted by molar-refractivity contribution is 5.81. The first-order valence-electron chi connectivity index (χ1n) is 11.0. The lowest BCUT2D eigenvalue weighted by molar-refractivity contribution is -0.870. The maximum absolute atomic E-state index is 11.1. The van der Waals surface area contributed by atoms with Crippen molar-refractivity contribution in [3.63, 3.8) is 0 Å². The number of unbranched alkanes of at least 4 members (excludes halogenated alkanes) is 12. The second-order valence-electron chi connectivity index (χ2n) is 8.85. The van der Waals surface area contributed by atoms with Gasteiger partial charge in [0.2, 0.25) is 0 Å². The molecule has 0 saturated heterocycles. The molecular formula is C23H46NO2+. The van der Waals surface area contributed by atoms with Crippen molar-refractivity contribution >= 4 is 5.97 Å². The minimum atomic E-state index is -0.304. The third-order valence-corrected chi connectivity index (χ3v) is 4.92. The fraction of sp³-hybridized carbons (Fsp3) is 0.870. The average molecular weight is 369 g/mol. The molecule has 0 bridgehead atoms. The Bertz CT molecular complexity index is 347. The molecule has 0 saturated carbocycles. The molecule has 0 aromatic carbocycles. The summed E-state index contributed by atoms with van der Waals surface area (Å²) in [5.41, 5.74) is 0. The van der Waals surface area contributed by atoms with Gasteiger partial charge in [0.15, 0.2) is 0 Å². The van der Waals surface area contributed by atoms with Gasteiger partial charge in [-0.2, -0.15) is 0 Å². The SMILES string of the molecule is C=CC(=O)OC(C)CCCCCCCCCCCCCCC[N+](C)(C)C. The standard InChI is InChI=1S/C23H46NO2/c1-6-23(25)26-22(2)20-18-16-14-12-10-8-7-9-11-13-15-17-19-21-24(3,4)5/h6,22H,1,7-21H2,2-5H3/q+1. The lowest BCUT2D eigenvalue weighted by atomic mass is 10.0. The van der Waals surface area contributed by atoms with E-state index < -0.39 is 0 Å². The van der Waals surface area contributed by atoms with Crippen LogP contribution in [0.3, 0.4) is 0 Å². The molecule has 3 heteroatoms. The van der Waals surface area contributed by atoms with Gasteiger partial charge in [0.05, 0.1) is 33.8 Å². The van der Waals surface area contributed by atoms with E-state index in [0.717, 1.165) is 17.3 Å². The summed E-state index contributed by atoms with van der Waals surface area (Å²) in [6.07, 6.45) is 19.9. The highest BCUT2D eigenvalue weighted by atomic mass is 16.5. The molecule has 0 fully saturated rings. The van der Waals surface area contributed by atoms with E-state index in [0.29, 0.717) is 0 Å². The number of carbonyl (C=O) groups excluding carboxylic acids is 1. The van der Waals surface area contributed by atoms with Gasteiger partial charge in [-0.25, -0.2) is 4.79 Å². The summed E-state index contributed by atoms with van der Waals surface area (Å²) in [7, 11) is 6.84. The van der Waals surface area contributed by atoms with Crippen LogP contribution in [0.5, 0.6) is 0 Å². The Morgan fingerprint density at radius 1 is 0.808 bits per heavy atom. The largest absolute Gasteiger partial charge is 0.460 e. The van der Waals surface area contributed by atoms with E-state index in [1.807, 2.05) is 6.92 Å². The molecule has 3 nitrogen and oxygen atoms in total. The zero-order chi connectivity index (χ0) is 19.7. The average Bonchev–Trinajstić information content (AvgIpc) is 2.57. The lowest BCUT2D eigenvalue weighted by Crippen LogP contribution is -2.35. The first kappa shape index (κ1) is 25.2. The molecular weight excluding hydrogens is 322 g/mol. The first-order chi connectivity index (χ1) is 12.3. The first-order valence-corrected chi connectivity index (χ1v) is 11.0. The van der Waals surface area contributed by atoms with E-state index >= 15 is 0 Å². The van der Waals surface area contributed by atoms with Crippen molar-refractivity contribution in [2.45, 2.75) is 103 Å². The van der Waals surface area contributed by atoms with Crippen LogP contribution < -0.4 is 0 Å². The summed E-state index contributed by atoms with van der Waals surface area (Å²) in [5, 5.41) is 0. The normalized spacial score (nSPS) is 12.8. The summed E-state index contributed by atoms with van der Waals surface area (Å²) in [6.45, 7) is 6.69. The molecule has 0 aliphatic heterocycles. The number of carbonyl (C=O) groups is 1. The number of hydrogen-bond acceptors (Lipinski definition) is 2. The maximum Gasteiger partial charge on any atom is 0.330 e. The summed E-state index contributed by atoms with van der Waals surface area (Å²) < 4.78 is 6.27. The van der Waals surface area contributed by atoms with E-state index in [9.17, 15) is 4.79 Å². The lowest BCUT2D eigenvalue weighted by Gasteiger charge is -2.23. The Hall–Kier alpha value is -0.830. The predicted octanol–water partition coefficient (Wildman–Crippen LogP) is 6.27. The third-order valence-electron chi connectivity index (χ3n) is 4.92. The number of quaternary nitrogens is 1. The van der Waals surface area contributed by atoms with Gasteiger partial charge in [-0.1, -0.05) is 70.8 Å². The van der Waals surface area contributed by atoms with Crippen molar-refractivity contribution in [2.24, 2.45) is 0 Å². The summed E-state index contributed by atoms with van der Waals surface area (Å²) in [6, 6.07) is 0.